The van der Waals surface area contributed by atoms with Gasteiger partial charge in [0, 0.05) is 11.4 Å². The minimum absolute atomic E-state index is 0.0208. The van der Waals surface area contributed by atoms with E-state index in [9.17, 15) is 4.79 Å². The van der Waals surface area contributed by atoms with Gasteiger partial charge in [-0.1, -0.05) is 42.5 Å². The van der Waals surface area contributed by atoms with Crippen molar-refractivity contribution in [3.63, 3.8) is 0 Å². The van der Waals surface area contributed by atoms with E-state index < -0.39 is 0 Å². The maximum absolute atomic E-state index is 12.7. The number of amides is 1. The van der Waals surface area contributed by atoms with Crippen LogP contribution in [0.25, 0.3) is 0 Å². The van der Waals surface area contributed by atoms with Crippen molar-refractivity contribution in [2.75, 3.05) is 6.79 Å². The average Bonchev–Trinajstić information content (AvgIpc) is 3.42. The van der Waals surface area contributed by atoms with E-state index in [2.05, 4.69) is 34.2 Å². The first kappa shape index (κ1) is 18.5. The first-order valence-electron chi connectivity index (χ1n) is 9.21. The maximum Gasteiger partial charge on any atom is 0.237 e. The van der Waals surface area contributed by atoms with Crippen LogP contribution < -0.4 is 20.1 Å². The van der Waals surface area contributed by atoms with Gasteiger partial charge in [0.15, 0.2) is 11.5 Å². The summed E-state index contributed by atoms with van der Waals surface area (Å²) < 4.78 is 10.7. The van der Waals surface area contributed by atoms with E-state index in [0.29, 0.717) is 6.54 Å². The minimum Gasteiger partial charge on any atom is -0.454 e. The van der Waals surface area contributed by atoms with Crippen molar-refractivity contribution in [1.29, 1.82) is 0 Å². The highest BCUT2D eigenvalue weighted by molar-refractivity contribution is 7.10. The summed E-state index contributed by atoms with van der Waals surface area (Å²) in [6.07, 6.45) is 0. The molecule has 1 aliphatic heterocycles. The van der Waals surface area contributed by atoms with Gasteiger partial charge < -0.3 is 14.8 Å². The Hall–Kier alpha value is -2.83. The number of nitrogens with one attached hydrogen (secondary N) is 2. The standard InChI is InChI=1S/C22H22N2O3S/c1-15(22(25)23-13-16-9-10-18-19(12-16)27-14-26-18)24-21(20-8-5-11-28-20)17-6-3-2-4-7-17/h2-12,15,21,24H,13-14H2,1H3,(H,23,25)/t15-,21-/m1/s1. The third-order valence-corrected chi connectivity index (χ3v) is 5.61. The Morgan fingerprint density at radius 1 is 1.07 bits per heavy atom. The van der Waals surface area contributed by atoms with Gasteiger partial charge in [0.1, 0.15) is 0 Å². The summed E-state index contributed by atoms with van der Waals surface area (Å²) in [5, 5.41) is 8.52. The molecule has 0 spiro atoms. The van der Waals surface area contributed by atoms with Gasteiger partial charge in [-0.15, -0.1) is 11.3 Å². The number of rotatable bonds is 7. The Balaban J connectivity index is 1.40. The molecule has 1 amide bonds. The second kappa shape index (κ2) is 8.46. The molecular weight excluding hydrogens is 372 g/mol. The van der Waals surface area contributed by atoms with Crippen LogP contribution in [-0.4, -0.2) is 18.7 Å². The molecule has 0 radical (unpaired) electrons. The predicted octanol–water partition coefficient (Wildman–Crippen LogP) is 3.86. The highest BCUT2D eigenvalue weighted by atomic mass is 32.1. The Morgan fingerprint density at radius 2 is 1.89 bits per heavy atom. The second-order valence-electron chi connectivity index (χ2n) is 6.65. The Bertz CT molecular complexity index is 928. The zero-order chi connectivity index (χ0) is 19.3. The molecule has 2 aromatic carbocycles. The largest absolute Gasteiger partial charge is 0.454 e. The highest BCUT2D eigenvalue weighted by Crippen LogP contribution is 2.32. The number of carbonyl (C=O) groups excluding carboxylic acids is 1. The normalized spacial score (nSPS) is 14.5. The summed E-state index contributed by atoms with van der Waals surface area (Å²) in [4.78, 5) is 13.8. The van der Waals surface area contributed by atoms with Crippen LogP contribution in [0.15, 0.2) is 66.0 Å². The van der Waals surface area contributed by atoms with Gasteiger partial charge >= 0.3 is 0 Å². The molecule has 0 fully saturated rings. The molecule has 2 N–H and O–H groups in total. The molecule has 2 atom stereocenters. The molecule has 2 heterocycles. The van der Waals surface area contributed by atoms with Gasteiger partial charge in [0.05, 0.1) is 12.1 Å². The quantitative estimate of drug-likeness (QED) is 0.639. The molecular formula is C22H22N2O3S. The lowest BCUT2D eigenvalue weighted by atomic mass is 10.0. The molecule has 3 aromatic rings. The monoisotopic (exact) mass is 394 g/mol. The van der Waals surface area contributed by atoms with Gasteiger partial charge in [-0.25, -0.2) is 0 Å². The van der Waals surface area contributed by atoms with E-state index in [1.165, 1.54) is 4.88 Å². The average molecular weight is 394 g/mol. The third-order valence-electron chi connectivity index (χ3n) is 4.67. The van der Waals surface area contributed by atoms with Crippen LogP contribution in [-0.2, 0) is 11.3 Å². The van der Waals surface area contributed by atoms with Crippen LogP contribution in [0.1, 0.15) is 29.0 Å². The lowest BCUT2D eigenvalue weighted by Crippen LogP contribution is -2.43. The van der Waals surface area contributed by atoms with Gasteiger partial charge in [-0.3, -0.25) is 10.1 Å². The summed E-state index contributed by atoms with van der Waals surface area (Å²) in [6.45, 7) is 2.57. The van der Waals surface area contributed by atoms with E-state index in [0.717, 1.165) is 22.6 Å². The summed E-state index contributed by atoms with van der Waals surface area (Å²) >= 11 is 1.68. The maximum atomic E-state index is 12.7. The summed E-state index contributed by atoms with van der Waals surface area (Å²) in [6, 6.07) is 19.6. The van der Waals surface area contributed by atoms with Crippen molar-refractivity contribution >= 4 is 17.2 Å². The smallest absolute Gasteiger partial charge is 0.237 e. The van der Waals surface area contributed by atoms with Crippen molar-refractivity contribution in [2.24, 2.45) is 0 Å². The van der Waals surface area contributed by atoms with Crippen LogP contribution in [0.2, 0.25) is 0 Å². The number of benzene rings is 2. The highest BCUT2D eigenvalue weighted by Gasteiger charge is 2.21. The SMILES string of the molecule is C[C@@H](N[C@H](c1ccccc1)c1cccs1)C(=O)NCc1ccc2c(c1)OCO2. The van der Waals surface area contributed by atoms with E-state index in [-0.39, 0.29) is 24.8 Å². The summed E-state index contributed by atoms with van der Waals surface area (Å²) in [7, 11) is 0. The molecule has 5 nitrogen and oxygen atoms in total. The summed E-state index contributed by atoms with van der Waals surface area (Å²) in [5.74, 6) is 1.42. The fourth-order valence-corrected chi connectivity index (χ4v) is 3.97. The Labute approximate surface area is 168 Å². The van der Waals surface area contributed by atoms with Crippen LogP contribution in [0, 0.1) is 0 Å². The number of thiophene rings is 1. The zero-order valence-electron chi connectivity index (χ0n) is 15.6. The topological polar surface area (TPSA) is 59.6 Å². The number of hydrogen-bond acceptors (Lipinski definition) is 5. The number of carbonyl (C=O) groups is 1. The third kappa shape index (κ3) is 4.18. The zero-order valence-corrected chi connectivity index (χ0v) is 16.4. The number of hydrogen-bond donors (Lipinski definition) is 2. The molecule has 4 rings (SSSR count). The lowest BCUT2D eigenvalue weighted by Gasteiger charge is -2.22. The number of ether oxygens (including phenoxy) is 2. The molecule has 0 saturated heterocycles. The molecule has 0 saturated carbocycles. The molecule has 0 unspecified atom stereocenters. The first-order chi connectivity index (χ1) is 13.7. The van der Waals surface area contributed by atoms with Gasteiger partial charge in [-0.05, 0) is 41.6 Å². The molecule has 28 heavy (non-hydrogen) atoms. The first-order valence-corrected chi connectivity index (χ1v) is 10.1. The van der Waals surface area contributed by atoms with Crippen LogP contribution in [0.4, 0.5) is 0 Å². The molecule has 0 bridgehead atoms. The van der Waals surface area contributed by atoms with Crippen LogP contribution in [0.5, 0.6) is 11.5 Å². The van der Waals surface area contributed by atoms with Gasteiger partial charge in [0.25, 0.3) is 0 Å². The molecule has 0 aliphatic carbocycles. The molecule has 144 valence electrons. The van der Waals surface area contributed by atoms with Crippen molar-refractivity contribution in [2.45, 2.75) is 25.6 Å². The fourth-order valence-electron chi connectivity index (χ4n) is 3.16. The second-order valence-corrected chi connectivity index (χ2v) is 7.63. The van der Waals surface area contributed by atoms with Crippen molar-refractivity contribution in [3.8, 4) is 11.5 Å². The molecule has 6 heteroatoms. The van der Waals surface area contributed by atoms with E-state index >= 15 is 0 Å². The van der Waals surface area contributed by atoms with Crippen molar-refractivity contribution in [1.82, 2.24) is 10.6 Å². The van der Waals surface area contributed by atoms with E-state index in [4.69, 9.17) is 9.47 Å². The lowest BCUT2D eigenvalue weighted by molar-refractivity contribution is -0.123. The van der Waals surface area contributed by atoms with Gasteiger partial charge in [0.2, 0.25) is 12.7 Å². The minimum atomic E-state index is -0.346. The van der Waals surface area contributed by atoms with E-state index in [1.54, 1.807) is 11.3 Å². The van der Waals surface area contributed by atoms with Crippen molar-refractivity contribution in [3.05, 3.63) is 82.0 Å². The van der Waals surface area contributed by atoms with E-state index in [1.807, 2.05) is 49.4 Å². The van der Waals surface area contributed by atoms with Crippen LogP contribution in [0.3, 0.4) is 0 Å². The number of fused-ring (bicyclic) bond motifs is 1. The summed E-state index contributed by atoms with van der Waals surface area (Å²) in [5.41, 5.74) is 2.11. The van der Waals surface area contributed by atoms with Crippen LogP contribution >= 0.6 is 11.3 Å². The molecule has 1 aliphatic rings. The Kier molecular flexibility index (Phi) is 5.60. The predicted molar refractivity (Wildman–Crippen MR) is 110 cm³/mol. The fraction of sp³-hybridized carbons (Fsp3) is 0.227. The van der Waals surface area contributed by atoms with Crippen molar-refractivity contribution < 1.29 is 14.3 Å². The van der Waals surface area contributed by atoms with Gasteiger partial charge in [-0.2, -0.15) is 0 Å². The molecule has 1 aromatic heterocycles. The Morgan fingerprint density at radius 3 is 2.68 bits per heavy atom.